The van der Waals surface area contributed by atoms with E-state index in [4.69, 9.17) is 23.2 Å². The van der Waals surface area contributed by atoms with Gasteiger partial charge in [0.25, 0.3) is 5.91 Å². The molecule has 0 aromatic heterocycles. The van der Waals surface area contributed by atoms with E-state index in [1.807, 2.05) is 0 Å². The molecule has 0 aliphatic rings. The molecule has 106 valence electrons. The summed E-state index contributed by atoms with van der Waals surface area (Å²) in [7, 11) is 0. The van der Waals surface area contributed by atoms with Crippen LogP contribution in [0.4, 0.5) is 13.2 Å². The van der Waals surface area contributed by atoms with Crippen molar-refractivity contribution in [2.24, 2.45) is 0 Å². The second kappa shape index (κ2) is 6.48. The number of amides is 1. The summed E-state index contributed by atoms with van der Waals surface area (Å²) in [5.74, 6) is -4.68. The normalized spacial score (nSPS) is 11.5. The van der Waals surface area contributed by atoms with Crippen LogP contribution in [0.3, 0.4) is 0 Å². The van der Waals surface area contributed by atoms with E-state index >= 15 is 0 Å². The van der Waals surface area contributed by atoms with E-state index in [2.05, 4.69) is 5.32 Å². The van der Waals surface area contributed by atoms with Crippen LogP contribution in [0.1, 0.15) is 23.7 Å². The standard InChI is InChI=1S/C12H12Cl2F3NO/c1-2-12(5-13,6-14)18-11(19)10-8(16)3-7(15)4-9(10)17/h3-4H,2,5-6H2,1H3,(H,18,19). The van der Waals surface area contributed by atoms with Gasteiger partial charge in [0, 0.05) is 23.9 Å². The van der Waals surface area contributed by atoms with E-state index in [0.29, 0.717) is 18.6 Å². The first-order chi connectivity index (χ1) is 8.89. The fraction of sp³-hybridized carbons (Fsp3) is 0.417. The van der Waals surface area contributed by atoms with E-state index in [0.717, 1.165) is 0 Å². The number of carbonyl (C=O) groups is 1. The van der Waals surface area contributed by atoms with Gasteiger partial charge >= 0.3 is 0 Å². The van der Waals surface area contributed by atoms with Gasteiger partial charge in [0.05, 0.1) is 5.54 Å². The van der Waals surface area contributed by atoms with Crippen molar-refractivity contribution in [2.75, 3.05) is 11.8 Å². The third-order valence-electron chi connectivity index (χ3n) is 2.80. The van der Waals surface area contributed by atoms with Gasteiger partial charge in [-0.25, -0.2) is 13.2 Å². The third-order valence-corrected chi connectivity index (χ3v) is 3.82. The van der Waals surface area contributed by atoms with Gasteiger partial charge in [-0.2, -0.15) is 0 Å². The monoisotopic (exact) mass is 313 g/mol. The number of alkyl halides is 2. The Morgan fingerprint density at radius 1 is 1.21 bits per heavy atom. The molecule has 1 N–H and O–H groups in total. The van der Waals surface area contributed by atoms with Gasteiger partial charge in [0.15, 0.2) is 0 Å². The summed E-state index contributed by atoms with van der Waals surface area (Å²) in [6.45, 7) is 1.72. The minimum atomic E-state index is -1.27. The van der Waals surface area contributed by atoms with Crippen molar-refractivity contribution in [3.05, 3.63) is 35.1 Å². The first-order valence-corrected chi connectivity index (χ1v) is 6.55. The molecule has 0 spiro atoms. The molecule has 0 radical (unpaired) electrons. The zero-order valence-corrected chi connectivity index (χ0v) is 11.6. The van der Waals surface area contributed by atoms with Crippen molar-refractivity contribution in [1.82, 2.24) is 5.32 Å². The highest BCUT2D eigenvalue weighted by atomic mass is 35.5. The van der Waals surface area contributed by atoms with E-state index in [-0.39, 0.29) is 11.8 Å². The van der Waals surface area contributed by atoms with Crippen molar-refractivity contribution >= 4 is 29.1 Å². The first kappa shape index (κ1) is 16.1. The summed E-state index contributed by atoms with van der Waals surface area (Å²) < 4.78 is 39.6. The number of rotatable bonds is 5. The fourth-order valence-electron chi connectivity index (χ4n) is 1.44. The number of hydrogen-bond acceptors (Lipinski definition) is 1. The highest BCUT2D eigenvalue weighted by molar-refractivity contribution is 6.22. The van der Waals surface area contributed by atoms with Crippen LogP contribution in [0.25, 0.3) is 0 Å². The molecule has 1 rings (SSSR count). The highest BCUT2D eigenvalue weighted by Crippen LogP contribution is 2.19. The molecular weight excluding hydrogens is 302 g/mol. The molecule has 0 aliphatic heterocycles. The molecule has 1 amide bonds. The quantitative estimate of drug-likeness (QED) is 0.829. The Morgan fingerprint density at radius 2 is 1.68 bits per heavy atom. The van der Waals surface area contributed by atoms with Crippen LogP contribution in [0.15, 0.2) is 12.1 Å². The zero-order valence-electron chi connectivity index (χ0n) is 10.1. The van der Waals surface area contributed by atoms with Gasteiger partial charge in [0.1, 0.15) is 23.0 Å². The number of carbonyl (C=O) groups excluding carboxylic acids is 1. The van der Waals surface area contributed by atoms with Crippen LogP contribution in [-0.4, -0.2) is 23.2 Å². The largest absolute Gasteiger partial charge is 0.344 e. The Labute approximate surface area is 118 Å². The SMILES string of the molecule is CCC(CCl)(CCl)NC(=O)c1c(F)cc(F)cc1F. The molecular formula is C12H12Cl2F3NO. The Balaban J connectivity index is 3.08. The van der Waals surface area contributed by atoms with Crippen LogP contribution in [0.2, 0.25) is 0 Å². The molecule has 1 aromatic rings. The second-order valence-corrected chi connectivity index (χ2v) is 4.63. The summed E-state index contributed by atoms with van der Waals surface area (Å²) in [5.41, 5.74) is -1.82. The average molecular weight is 314 g/mol. The molecule has 0 saturated carbocycles. The molecule has 0 fully saturated rings. The molecule has 0 heterocycles. The fourth-order valence-corrected chi connectivity index (χ4v) is 2.24. The first-order valence-electron chi connectivity index (χ1n) is 5.48. The van der Waals surface area contributed by atoms with E-state index in [1.165, 1.54) is 0 Å². The van der Waals surface area contributed by atoms with E-state index in [1.54, 1.807) is 6.92 Å². The molecule has 19 heavy (non-hydrogen) atoms. The third kappa shape index (κ3) is 3.54. The zero-order chi connectivity index (χ0) is 14.6. The summed E-state index contributed by atoms with van der Waals surface area (Å²) in [4.78, 5) is 11.9. The molecule has 7 heteroatoms. The summed E-state index contributed by atoms with van der Waals surface area (Å²) in [5, 5.41) is 2.39. The number of benzene rings is 1. The van der Waals surface area contributed by atoms with E-state index in [9.17, 15) is 18.0 Å². The van der Waals surface area contributed by atoms with Crippen LogP contribution in [0, 0.1) is 17.5 Å². The van der Waals surface area contributed by atoms with Crippen LogP contribution >= 0.6 is 23.2 Å². The van der Waals surface area contributed by atoms with E-state index < -0.39 is 34.5 Å². The summed E-state index contributed by atoms with van der Waals surface area (Å²) in [6, 6.07) is 0.875. The predicted molar refractivity (Wildman–Crippen MR) is 68.2 cm³/mol. The maximum Gasteiger partial charge on any atom is 0.257 e. The lowest BCUT2D eigenvalue weighted by Gasteiger charge is -2.29. The molecule has 2 nitrogen and oxygen atoms in total. The molecule has 0 atom stereocenters. The van der Waals surface area contributed by atoms with Crippen molar-refractivity contribution in [2.45, 2.75) is 18.9 Å². The highest BCUT2D eigenvalue weighted by Gasteiger charge is 2.31. The van der Waals surface area contributed by atoms with Crippen LogP contribution < -0.4 is 5.32 Å². The molecule has 0 unspecified atom stereocenters. The minimum Gasteiger partial charge on any atom is -0.344 e. The van der Waals surface area contributed by atoms with Gasteiger partial charge in [-0.15, -0.1) is 23.2 Å². The predicted octanol–water partition coefficient (Wildman–Crippen LogP) is 3.46. The topological polar surface area (TPSA) is 29.1 Å². The smallest absolute Gasteiger partial charge is 0.257 e. The lowest BCUT2D eigenvalue weighted by atomic mass is 10.0. The van der Waals surface area contributed by atoms with Gasteiger partial charge < -0.3 is 5.32 Å². The molecule has 1 aromatic carbocycles. The Morgan fingerprint density at radius 3 is 2.05 bits per heavy atom. The maximum absolute atomic E-state index is 13.4. The van der Waals surface area contributed by atoms with Gasteiger partial charge in [-0.05, 0) is 6.42 Å². The van der Waals surface area contributed by atoms with Crippen LogP contribution in [-0.2, 0) is 0 Å². The second-order valence-electron chi connectivity index (χ2n) is 4.10. The number of nitrogens with one attached hydrogen (secondary N) is 1. The summed E-state index contributed by atoms with van der Waals surface area (Å²) in [6.07, 6.45) is 0.385. The lowest BCUT2D eigenvalue weighted by molar-refractivity contribution is 0.0904. The van der Waals surface area contributed by atoms with Gasteiger partial charge in [0.2, 0.25) is 0 Å². The van der Waals surface area contributed by atoms with Gasteiger partial charge in [-0.1, -0.05) is 6.92 Å². The van der Waals surface area contributed by atoms with Crippen molar-refractivity contribution < 1.29 is 18.0 Å². The number of halogens is 5. The molecule has 0 saturated heterocycles. The Bertz CT molecular complexity index is 447. The maximum atomic E-state index is 13.4. The van der Waals surface area contributed by atoms with Crippen LogP contribution in [0.5, 0.6) is 0 Å². The number of hydrogen-bond donors (Lipinski definition) is 1. The Kier molecular flexibility index (Phi) is 5.50. The van der Waals surface area contributed by atoms with Crippen molar-refractivity contribution in [3.8, 4) is 0 Å². The molecule has 0 aliphatic carbocycles. The lowest BCUT2D eigenvalue weighted by Crippen LogP contribution is -2.51. The van der Waals surface area contributed by atoms with Crippen molar-refractivity contribution in [3.63, 3.8) is 0 Å². The minimum absolute atomic E-state index is 0.0107. The summed E-state index contributed by atoms with van der Waals surface area (Å²) >= 11 is 11.4. The average Bonchev–Trinajstić information content (AvgIpc) is 2.35. The van der Waals surface area contributed by atoms with Gasteiger partial charge in [-0.3, -0.25) is 4.79 Å². The Hall–Kier alpha value is -0.940. The van der Waals surface area contributed by atoms with Crippen molar-refractivity contribution in [1.29, 1.82) is 0 Å². The molecule has 0 bridgehead atoms.